The van der Waals surface area contributed by atoms with Crippen LogP contribution in [-0.4, -0.2) is 33.3 Å². The van der Waals surface area contributed by atoms with Gasteiger partial charge in [0, 0.05) is 0 Å². The van der Waals surface area contributed by atoms with Crippen LogP contribution in [0.25, 0.3) is 0 Å². The first-order valence-corrected chi connectivity index (χ1v) is 8.21. The molecule has 0 spiro atoms. The summed E-state index contributed by atoms with van der Waals surface area (Å²) in [5, 5.41) is 2.87. The number of hydrogen-bond donors (Lipinski definition) is 1. The molecule has 0 atom stereocenters. The Hall–Kier alpha value is -2.69. The van der Waals surface area contributed by atoms with Crippen molar-refractivity contribution in [2.75, 3.05) is 27.4 Å². The second kappa shape index (κ2) is 8.97. The highest BCUT2D eigenvalue weighted by atomic mass is 16.5. The number of nitrogens with one attached hydrogen (secondary N) is 1. The molecule has 0 aliphatic heterocycles. The number of rotatable bonds is 8. The monoisotopic (exact) mass is 343 g/mol. The van der Waals surface area contributed by atoms with E-state index >= 15 is 0 Å². The van der Waals surface area contributed by atoms with Crippen molar-refractivity contribution in [3.05, 3.63) is 53.1 Å². The smallest absolute Gasteiger partial charge is 0.224 e. The van der Waals surface area contributed by atoms with Gasteiger partial charge < -0.3 is 19.5 Å². The third-order valence-electron chi connectivity index (χ3n) is 3.89. The van der Waals surface area contributed by atoms with Gasteiger partial charge in [0.05, 0.1) is 27.2 Å². The average molecular weight is 343 g/mol. The van der Waals surface area contributed by atoms with Crippen molar-refractivity contribution in [2.24, 2.45) is 0 Å². The lowest BCUT2D eigenvalue weighted by Gasteiger charge is -2.13. The predicted molar refractivity (Wildman–Crippen MR) is 97.7 cm³/mol. The first-order chi connectivity index (χ1) is 12.0. The summed E-state index contributed by atoms with van der Waals surface area (Å²) in [6.45, 7) is 4.92. The Balaban J connectivity index is 1.81. The number of para-hydroxylation sites is 1. The van der Waals surface area contributed by atoms with Gasteiger partial charge in [-0.05, 0) is 42.7 Å². The van der Waals surface area contributed by atoms with E-state index in [-0.39, 0.29) is 12.3 Å². The molecule has 0 aromatic heterocycles. The molecule has 25 heavy (non-hydrogen) atoms. The van der Waals surface area contributed by atoms with Crippen LogP contribution in [0.1, 0.15) is 16.7 Å². The number of carbonyl (C=O) groups is 1. The molecule has 2 rings (SSSR count). The molecule has 0 unspecified atom stereocenters. The fourth-order valence-electron chi connectivity index (χ4n) is 2.61. The zero-order valence-corrected chi connectivity index (χ0v) is 15.2. The van der Waals surface area contributed by atoms with Crippen molar-refractivity contribution in [1.82, 2.24) is 5.32 Å². The van der Waals surface area contributed by atoms with E-state index in [1.165, 1.54) is 0 Å². The van der Waals surface area contributed by atoms with Crippen molar-refractivity contribution >= 4 is 5.91 Å². The molecular formula is C20H25NO4. The second-order valence-corrected chi connectivity index (χ2v) is 5.79. The first-order valence-electron chi connectivity index (χ1n) is 8.21. The molecule has 1 amide bonds. The summed E-state index contributed by atoms with van der Waals surface area (Å²) in [5.74, 6) is 2.09. The normalized spacial score (nSPS) is 10.2. The van der Waals surface area contributed by atoms with Gasteiger partial charge in [-0.2, -0.15) is 0 Å². The second-order valence-electron chi connectivity index (χ2n) is 5.79. The van der Waals surface area contributed by atoms with E-state index < -0.39 is 0 Å². The fourth-order valence-corrected chi connectivity index (χ4v) is 2.61. The van der Waals surface area contributed by atoms with E-state index in [4.69, 9.17) is 14.2 Å². The van der Waals surface area contributed by atoms with Gasteiger partial charge in [-0.25, -0.2) is 0 Å². The molecule has 0 aliphatic rings. The Kier molecular flexibility index (Phi) is 6.69. The molecule has 5 heteroatoms. The Morgan fingerprint density at radius 3 is 2.32 bits per heavy atom. The summed E-state index contributed by atoms with van der Waals surface area (Å²) in [4.78, 5) is 12.1. The van der Waals surface area contributed by atoms with Crippen molar-refractivity contribution in [3.63, 3.8) is 0 Å². The van der Waals surface area contributed by atoms with E-state index in [0.717, 1.165) is 22.4 Å². The Morgan fingerprint density at radius 2 is 1.68 bits per heavy atom. The summed E-state index contributed by atoms with van der Waals surface area (Å²) in [7, 11) is 3.16. The number of amides is 1. The van der Waals surface area contributed by atoms with Gasteiger partial charge in [0.15, 0.2) is 11.5 Å². The molecule has 5 nitrogen and oxygen atoms in total. The van der Waals surface area contributed by atoms with Crippen LogP contribution < -0.4 is 19.5 Å². The van der Waals surface area contributed by atoms with Crippen LogP contribution in [0.5, 0.6) is 17.2 Å². The van der Waals surface area contributed by atoms with Gasteiger partial charge in [0.1, 0.15) is 12.4 Å². The number of hydrogen-bond acceptors (Lipinski definition) is 4. The molecule has 0 aliphatic carbocycles. The third-order valence-corrected chi connectivity index (χ3v) is 3.89. The minimum atomic E-state index is -0.0580. The summed E-state index contributed by atoms with van der Waals surface area (Å²) in [6.07, 6.45) is 0.281. The largest absolute Gasteiger partial charge is 0.493 e. The standard InChI is InChI=1S/C20H25NO4/c1-14-6-5-7-15(2)20(14)25-11-10-21-19(22)13-16-8-9-17(23-3)18(12-16)24-4/h5-9,12H,10-11,13H2,1-4H3,(H,21,22). The van der Waals surface area contributed by atoms with Crippen molar-refractivity contribution < 1.29 is 19.0 Å². The van der Waals surface area contributed by atoms with E-state index in [1.54, 1.807) is 20.3 Å². The Bertz CT molecular complexity index is 707. The third kappa shape index (κ3) is 5.14. The number of aryl methyl sites for hydroxylation is 2. The van der Waals surface area contributed by atoms with Crippen LogP contribution in [0.15, 0.2) is 36.4 Å². The van der Waals surface area contributed by atoms with Crippen LogP contribution in [0.3, 0.4) is 0 Å². The molecule has 0 bridgehead atoms. The average Bonchev–Trinajstić information content (AvgIpc) is 2.60. The number of ether oxygens (including phenoxy) is 3. The van der Waals surface area contributed by atoms with Gasteiger partial charge >= 0.3 is 0 Å². The van der Waals surface area contributed by atoms with Crippen LogP contribution in [-0.2, 0) is 11.2 Å². The van der Waals surface area contributed by atoms with Gasteiger partial charge in [-0.3, -0.25) is 4.79 Å². The molecule has 0 heterocycles. The van der Waals surface area contributed by atoms with Crippen LogP contribution in [0, 0.1) is 13.8 Å². The topological polar surface area (TPSA) is 56.8 Å². The summed E-state index contributed by atoms with van der Waals surface area (Å²) in [5.41, 5.74) is 3.05. The van der Waals surface area contributed by atoms with Crippen molar-refractivity contribution in [1.29, 1.82) is 0 Å². The lowest BCUT2D eigenvalue weighted by atomic mass is 10.1. The summed E-state index contributed by atoms with van der Waals surface area (Å²) in [6, 6.07) is 11.5. The van der Waals surface area contributed by atoms with E-state index in [0.29, 0.717) is 24.7 Å². The summed E-state index contributed by atoms with van der Waals surface area (Å²) >= 11 is 0. The number of methoxy groups -OCH3 is 2. The Morgan fingerprint density at radius 1 is 1.00 bits per heavy atom. The molecule has 0 saturated carbocycles. The van der Waals surface area contributed by atoms with Gasteiger partial charge in [0.25, 0.3) is 0 Å². The first kappa shape index (κ1) is 18.6. The highest BCUT2D eigenvalue weighted by molar-refractivity contribution is 5.78. The fraction of sp³-hybridized carbons (Fsp3) is 0.350. The van der Waals surface area contributed by atoms with Crippen LogP contribution in [0.2, 0.25) is 0 Å². The molecule has 0 saturated heterocycles. The van der Waals surface area contributed by atoms with Crippen molar-refractivity contribution in [2.45, 2.75) is 20.3 Å². The van der Waals surface area contributed by atoms with Crippen molar-refractivity contribution in [3.8, 4) is 17.2 Å². The SMILES string of the molecule is COc1ccc(CC(=O)NCCOc2c(C)cccc2C)cc1OC. The number of carbonyl (C=O) groups excluding carboxylic acids is 1. The highest BCUT2D eigenvalue weighted by Gasteiger charge is 2.08. The molecule has 2 aromatic rings. The van der Waals surface area contributed by atoms with Crippen LogP contribution in [0.4, 0.5) is 0 Å². The number of benzene rings is 2. The highest BCUT2D eigenvalue weighted by Crippen LogP contribution is 2.27. The predicted octanol–water partition coefficient (Wildman–Crippen LogP) is 3.06. The molecule has 0 radical (unpaired) electrons. The minimum absolute atomic E-state index is 0.0580. The van der Waals surface area contributed by atoms with E-state index in [9.17, 15) is 4.79 Å². The molecular weight excluding hydrogens is 318 g/mol. The van der Waals surface area contributed by atoms with Gasteiger partial charge in [0.2, 0.25) is 5.91 Å². The quantitative estimate of drug-likeness (QED) is 0.749. The zero-order valence-electron chi connectivity index (χ0n) is 15.2. The molecule has 2 aromatic carbocycles. The molecule has 134 valence electrons. The van der Waals surface area contributed by atoms with E-state index in [1.807, 2.05) is 44.2 Å². The Labute approximate surface area is 148 Å². The maximum absolute atomic E-state index is 12.1. The maximum atomic E-state index is 12.1. The van der Waals surface area contributed by atoms with E-state index in [2.05, 4.69) is 5.32 Å². The summed E-state index contributed by atoms with van der Waals surface area (Å²) < 4.78 is 16.2. The zero-order chi connectivity index (χ0) is 18.2. The lowest BCUT2D eigenvalue weighted by Crippen LogP contribution is -2.29. The minimum Gasteiger partial charge on any atom is -0.493 e. The molecule has 0 fully saturated rings. The maximum Gasteiger partial charge on any atom is 0.224 e. The van der Waals surface area contributed by atoms with Gasteiger partial charge in [-0.15, -0.1) is 0 Å². The van der Waals surface area contributed by atoms with Crippen LogP contribution >= 0.6 is 0 Å². The lowest BCUT2D eigenvalue weighted by molar-refractivity contribution is -0.120. The van der Waals surface area contributed by atoms with Gasteiger partial charge in [-0.1, -0.05) is 24.3 Å². The molecule has 1 N–H and O–H groups in total.